The van der Waals surface area contributed by atoms with Crippen molar-refractivity contribution in [3.8, 4) is 0 Å². The van der Waals surface area contributed by atoms with Gasteiger partial charge in [-0.3, -0.25) is 10.1 Å². The molecule has 106 valence electrons. The van der Waals surface area contributed by atoms with Crippen molar-refractivity contribution in [2.24, 2.45) is 0 Å². The normalized spacial score (nSPS) is 17.4. The molecule has 1 aromatic heterocycles. The Hall–Kier alpha value is -1.36. The Bertz CT molecular complexity index is 428. The van der Waals surface area contributed by atoms with Gasteiger partial charge < -0.3 is 9.42 Å². The van der Waals surface area contributed by atoms with Crippen molar-refractivity contribution in [2.75, 3.05) is 25.0 Å². The first-order valence-corrected chi connectivity index (χ1v) is 7.06. The monoisotopic (exact) mass is 266 g/mol. The Labute approximate surface area is 114 Å². The van der Waals surface area contributed by atoms with Crippen LogP contribution in [0.4, 0.5) is 5.88 Å². The van der Waals surface area contributed by atoms with Crippen LogP contribution in [0.25, 0.3) is 0 Å². The van der Waals surface area contributed by atoms with Crippen molar-refractivity contribution in [2.45, 2.75) is 45.4 Å². The Morgan fingerprint density at radius 3 is 2.63 bits per heavy atom. The van der Waals surface area contributed by atoms with Crippen molar-refractivity contribution in [3.63, 3.8) is 0 Å². The Morgan fingerprint density at radius 1 is 1.37 bits per heavy atom. The van der Waals surface area contributed by atoms with Gasteiger partial charge in [0.1, 0.15) is 0 Å². The Morgan fingerprint density at radius 2 is 2.05 bits per heavy atom. The third-order valence-electron chi connectivity index (χ3n) is 3.51. The lowest BCUT2D eigenvalue weighted by Crippen LogP contribution is -3.13. The number of rotatable bonds is 3. The molecular weight excluding hydrogens is 242 g/mol. The van der Waals surface area contributed by atoms with Crippen LogP contribution in [0.5, 0.6) is 0 Å². The molecule has 5 heteroatoms. The predicted octanol–water partition coefficient (Wildman–Crippen LogP) is 0.979. The van der Waals surface area contributed by atoms with E-state index in [1.165, 1.54) is 24.2 Å². The first kappa shape index (κ1) is 14.1. The molecule has 0 spiro atoms. The second-order valence-electron chi connectivity index (χ2n) is 6.36. The summed E-state index contributed by atoms with van der Waals surface area (Å²) in [6.45, 7) is 8.90. The van der Waals surface area contributed by atoms with E-state index in [-0.39, 0.29) is 11.3 Å². The maximum atomic E-state index is 11.9. The fourth-order valence-electron chi connectivity index (χ4n) is 2.32. The third-order valence-corrected chi connectivity index (χ3v) is 3.51. The average Bonchev–Trinajstić information content (AvgIpc) is 2.78. The zero-order valence-corrected chi connectivity index (χ0v) is 12.1. The molecule has 0 aromatic carbocycles. The van der Waals surface area contributed by atoms with E-state index in [0.29, 0.717) is 12.4 Å². The van der Waals surface area contributed by atoms with Gasteiger partial charge in [0, 0.05) is 11.5 Å². The van der Waals surface area contributed by atoms with Gasteiger partial charge in [-0.2, -0.15) is 0 Å². The number of nitrogens with one attached hydrogen (secondary N) is 2. The van der Waals surface area contributed by atoms with Gasteiger partial charge in [-0.15, -0.1) is 0 Å². The van der Waals surface area contributed by atoms with Crippen LogP contribution in [0, 0.1) is 0 Å². The molecule has 0 atom stereocenters. The standard InChI is InChI=1S/C14H23N3O2/c1-14(2,3)11-9-13(19-16-11)15-12(18)10-17-7-5-4-6-8-17/h9H,4-8,10H2,1-3H3,(H,15,18)/p+1. The number of anilines is 1. The van der Waals surface area contributed by atoms with E-state index in [0.717, 1.165) is 18.8 Å². The lowest BCUT2D eigenvalue weighted by Gasteiger charge is -2.22. The lowest BCUT2D eigenvalue weighted by atomic mass is 9.92. The molecule has 2 heterocycles. The van der Waals surface area contributed by atoms with Crippen molar-refractivity contribution in [3.05, 3.63) is 11.8 Å². The maximum absolute atomic E-state index is 11.9. The second kappa shape index (κ2) is 5.74. The van der Waals surface area contributed by atoms with E-state index in [1.807, 2.05) is 6.07 Å². The topological polar surface area (TPSA) is 59.6 Å². The first-order valence-electron chi connectivity index (χ1n) is 7.06. The minimum absolute atomic E-state index is 0.00788. The Balaban J connectivity index is 1.86. The minimum atomic E-state index is -0.0649. The molecule has 0 bridgehead atoms. The number of hydrogen-bond acceptors (Lipinski definition) is 3. The van der Waals surface area contributed by atoms with E-state index in [1.54, 1.807) is 0 Å². The summed E-state index contributed by atoms with van der Waals surface area (Å²) in [6.07, 6.45) is 3.74. The fraction of sp³-hybridized carbons (Fsp3) is 0.714. The molecule has 0 saturated carbocycles. The summed E-state index contributed by atoms with van der Waals surface area (Å²) in [5.41, 5.74) is 0.790. The van der Waals surface area contributed by atoms with Gasteiger partial charge in [-0.05, 0) is 19.3 Å². The molecule has 2 rings (SSSR count). The van der Waals surface area contributed by atoms with E-state index in [4.69, 9.17) is 4.52 Å². The van der Waals surface area contributed by atoms with E-state index < -0.39 is 0 Å². The van der Waals surface area contributed by atoms with E-state index in [9.17, 15) is 4.79 Å². The van der Waals surface area contributed by atoms with Gasteiger partial charge in [-0.1, -0.05) is 25.9 Å². The van der Waals surface area contributed by atoms with Crippen molar-refractivity contribution >= 4 is 11.8 Å². The van der Waals surface area contributed by atoms with Crippen LogP contribution in [0.3, 0.4) is 0 Å². The van der Waals surface area contributed by atoms with Gasteiger partial charge in [0.15, 0.2) is 6.54 Å². The molecule has 19 heavy (non-hydrogen) atoms. The van der Waals surface area contributed by atoms with E-state index >= 15 is 0 Å². The molecule has 1 aliphatic heterocycles. The number of hydrogen-bond donors (Lipinski definition) is 2. The van der Waals surface area contributed by atoms with E-state index in [2.05, 4.69) is 31.2 Å². The van der Waals surface area contributed by atoms with Crippen LogP contribution >= 0.6 is 0 Å². The molecule has 1 fully saturated rings. The SMILES string of the molecule is CC(C)(C)c1cc(NC(=O)C[NH+]2CCCCC2)on1. The van der Waals surface area contributed by atoms with Crippen LogP contribution < -0.4 is 10.2 Å². The number of aromatic nitrogens is 1. The maximum Gasteiger partial charge on any atom is 0.281 e. The zero-order chi connectivity index (χ0) is 13.9. The number of likely N-dealkylation sites (tertiary alicyclic amines) is 1. The highest BCUT2D eigenvalue weighted by atomic mass is 16.5. The molecule has 1 amide bonds. The minimum Gasteiger partial charge on any atom is -0.338 e. The van der Waals surface area contributed by atoms with Crippen LogP contribution in [0.15, 0.2) is 10.6 Å². The van der Waals surface area contributed by atoms with Gasteiger partial charge in [0.2, 0.25) is 5.88 Å². The van der Waals surface area contributed by atoms with Crippen LogP contribution in [-0.4, -0.2) is 30.7 Å². The average molecular weight is 266 g/mol. The number of carbonyl (C=O) groups excluding carboxylic acids is 1. The molecule has 0 unspecified atom stereocenters. The first-order chi connectivity index (χ1) is 8.95. The zero-order valence-electron chi connectivity index (χ0n) is 12.1. The number of nitrogens with zero attached hydrogens (tertiary/aromatic N) is 1. The van der Waals surface area contributed by atoms with Gasteiger partial charge >= 0.3 is 0 Å². The van der Waals surface area contributed by atoms with Gasteiger partial charge in [0.05, 0.1) is 18.8 Å². The largest absolute Gasteiger partial charge is 0.338 e. The van der Waals surface area contributed by atoms with Crippen LogP contribution in [-0.2, 0) is 10.2 Å². The molecule has 1 aliphatic rings. The highest BCUT2D eigenvalue weighted by molar-refractivity contribution is 5.90. The summed E-state index contributed by atoms with van der Waals surface area (Å²) in [6, 6.07) is 1.81. The van der Waals surface area contributed by atoms with Crippen molar-refractivity contribution in [1.82, 2.24) is 5.16 Å². The van der Waals surface area contributed by atoms with Crippen molar-refractivity contribution in [1.29, 1.82) is 0 Å². The molecule has 1 aromatic rings. The number of carbonyl (C=O) groups is 1. The highest BCUT2D eigenvalue weighted by Crippen LogP contribution is 2.23. The smallest absolute Gasteiger partial charge is 0.281 e. The molecule has 2 N–H and O–H groups in total. The summed E-state index contributed by atoms with van der Waals surface area (Å²) < 4.78 is 5.16. The number of amides is 1. The van der Waals surface area contributed by atoms with Gasteiger partial charge in [0.25, 0.3) is 5.91 Å². The predicted molar refractivity (Wildman–Crippen MR) is 73.2 cm³/mol. The molecule has 0 aliphatic carbocycles. The summed E-state index contributed by atoms with van der Waals surface area (Å²) in [5.74, 6) is 0.458. The molecular formula is C14H24N3O2+. The summed E-state index contributed by atoms with van der Waals surface area (Å²) in [4.78, 5) is 13.3. The molecule has 5 nitrogen and oxygen atoms in total. The van der Waals surface area contributed by atoms with Crippen molar-refractivity contribution < 1.29 is 14.2 Å². The quantitative estimate of drug-likeness (QED) is 0.857. The lowest BCUT2D eigenvalue weighted by molar-refractivity contribution is -0.896. The second-order valence-corrected chi connectivity index (χ2v) is 6.36. The third kappa shape index (κ3) is 4.06. The summed E-state index contributed by atoms with van der Waals surface area (Å²) in [5, 5.41) is 6.78. The summed E-state index contributed by atoms with van der Waals surface area (Å²) >= 11 is 0. The summed E-state index contributed by atoms with van der Waals surface area (Å²) in [7, 11) is 0. The van der Waals surface area contributed by atoms with Crippen LogP contribution in [0.2, 0.25) is 0 Å². The van der Waals surface area contributed by atoms with Crippen LogP contribution in [0.1, 0.15) is 45.7 Å². The Kier molecular flexibility index (Phi) is 4.24. The molecule has 0 radical (unpaired) electrons. The molecule has 1 saturated heterocycles. The number of piperidine rings is 1. The highest BCUT2D eigenvalue weighted by Gasteiger charge is 2.21. The van der Waals surface area contributed by atoms with Gasteiger partial charge in [-0.25, -0.2) is 0 Å². The number of quaternary nitrogens is 1. The fourth-order valence-corrected chi connectivity index (χ4v) is 2.32.